The molecule has 0 aliphatic carbocycles. The third kappa shape index (κ3) is 4.28. The Morgan fingerprint density at radius 3 is 2.56 bits per heavy atom. The highest BCUT2D eigenvalue weighted by molar-refractivity contribution is 5.91. The molecule has 1 fully saturated rings. The van der Waals surface area contributed by atoms with Gasteiger partial charge in [-0.2, -0.15) is 0 Å². The van der Waals surface area contributed by atoms with Gasteiger partial charge in [-0.1, -0.05) is 24.3 Å². The molecular formula is C19H21FN2O3. The van der Waals surface area contributed by atoms with Crippen LogP contribution >= 0.6 is 0 Å². The van der Waals surface area contributed by atoms with Crippen LogP contribution in [0.3, 0.4) is 0 Å². The molecule has 0 unspecified atom stereocenters. The van der Waals surface area contributed by atoms with Gasteiger partial charge in [0.1, 0.15) is 11.4 Å². The minimum Gasteiger partial charge on any atom is -0.455 e. The molecule has 0 radical (unpaired) electrons. The maximum Gasteiger partial charge on any atom is 0.322 e. The molecule has 3 rings (SSSR count). The molecule has 2 aromatic rings. The molecule has 2 N–H and O–H groups in total. The molecule has 1 saturated heterocycles. The van der Waals surface area contributed by atoms with Crippen LogP contribution in [0.1, 0.15) is 12.8 Å². The van der Waals surface area contributed by atoms with Crippen molar-refractivity contribution in [1.82, 2.24) is 4.90 Å². The van der Waals surface area contributed by atoms with Gasteiger partial charge in [0.05, 0.1) is 0 Å². The summed E-state index contributed by atoms with van der Waals surface area (Å²) in [6, 6.07) is 13.1. The summed E-state index contributed by atoms with van der Waals surface area (Å²) >= 11 is 0. The first-order valence-electron chi connectivity index (χ1n) is 8.35. The minimum atomic E-state index is -0.549. The summed E-state index contributed by atoms with van der Waals surface area (Å²) in [6.45, 7) is 1.22. The van der Waals surface area contributed by atoms with E-state index >= 15 is 0 Å². The quantitative estimate of drug-likeness (QED) is 0.885. The van der Waals surface area contributed by atoms with E-state index in [1.54, 1.807) is 23.1 Å². The summed E-state index contributed by atoms with van der Waals surface area (Å²) in [4.78, 5) is 14.1. The number of likely N-dealkylation sites (tertiary alicyclic amines) is 1. The van der Waals surface area contributed by atoms with Gasteiger partial charge in [0, 0.05) is 19.7 Å². The molecule has 0 spiro atoms. The third-order valence-corrected chi connectivity index (χ3v) is 4.34. The number of aliphatic hydroxyl groups excluding tert-OH is 1. The molecule has 6 heteroatoms. The van der Waals surface area contributed by atoms with Gasteiger partial charge < -0.3 is 20.1 Å². The third-order valence-electron chi connectivity index (χ3n) is 4.34. The molecule has 0 aromatic heterocycles. The van der Waals surface area contributed by atoms with E-state index in [1.807, 2.05) is 18.2 Å². The molecular weight excluding hydrogens is 323 g/mol. The number of benzene rings is 2. The first-order chi connectivity index (χ1) is 12.2. The Kier molecular flexibility index (Phi) is 5.50. The Bertz CT molecular complexity index is 716. The highest BCUT2D eigenvalue weighted by atomic mass is 19.1. The van der Waals surface area contributed by atoms with Crippen LogP contribution in [0.4, 0.5) is 14.9 Å². The van der Waals surface area contributed by atoms with E-state index in [2.05, 4.69) is 5.32 Å². The molecule has 0 atom stereocenters. The number of halogens is 1. The van der Waals surface area contributed by atoms with E-state index in [9.17, 15) is 14.3 Å². The smallest absolute Gasteiger partial charge is 0.322 e. The van der Waals surface area contributed by atoms with E-state index in [-0.39, 0.29) is 30.0 Å². The van der Waals surface area contributed by atoms with Gasteiger partial charge in [0.15, 0.2) is 11.6 Å². The largest absolute Gasteiger partial charge is 0.455 e. The number of carbonyl (C=O) groups is 1. The zero-order chi connectivity index (χ0) is 17.6. The summed E-state index contributed by atoms with van der Waals surface area (Å²) in [5, 5.41) is 11.8. The number of para-hydroxylation sites is 2. The van der Waals surface area contributed by atoms with Crippen molar-refractivity contribution in [3.8, 4) is 11.5 Å². The zero-order valence-corrected chi connectivity index (χ0v) is 13.8. The number of urea groups is 1. The lowest BCUT2D eigenvalue weighted by Gasteiger charge is -2.31. The van der Waals surface area contributed by atoms with Crippen molar-refractivity contribution in [2.75, 3.05) is 25.0 Å². The molecule has 1 aliphatic heterocycles. The number of nitrogens with zero attached hydrogens (tertiary/aromatic N) is 1. The summed E-state index contributed by atoms with van der Waals surface area (Å²) in [7, 11) is 0. The first kappa shape index (κ1) is 17.2. The highest BCUT2D eigenvalue weighted by Gasteiger charge is 2.24. The average molecular weight is 344 g/mol. The Morgan fingerprint density at radius 2 is 1.88 bits per heavy atom. The van der Waals surface area contributed by atoms with Crippen LogP contribution in [0.25, 0.3) is 0 Å². The fourth-order valence-corrected chi connectivity index (χ4v) is 2.83. The van der Waals surface area contributed by atoms with Crippen molar-refractivity contribution in [1.29, 1.82) is 0 Å². The number of aliphatic hydroxyl groups is 1. The molecule has 132 valence electrons. The summed E-state index contributed by atoms with van der Waals surface area (Å²) < 4.78 is 20.0. The molecule has 5 nitrogen and oxygen atoms in total. The molecule has 0 saturated carbocycles. The van der Waals surface area contributed by atoms with Crippen molar-refractivity contribution in [3.05, 3.63) is 54.3 Å². The lowest BCUT2D eigenvalue weighted by molar-refractivity contribution is 0.143. The fourth-order valence-electron chi connectivity index (χ4n) is 2.83. The number of anilines is 1. The Balaban J connectivity index is 1.72. The lowest BCUT2D eigenvalue weighted by Crippen LogP contribution is -2.41. The average Bonchev–Trinajstić information content (AvgIpc) is 2.65. The van der Waals surface area contributed by atoms with Crippen LogP contribution in [-0.4, -0.2) is 35.7 Å². The second kappa shape index (κ2) is 7.98. The Morgan fingerprint density at radius 1 is 1.16 bits per heavy atom. The number of ether oxygens (including phenoxy) is 1. The van der Waals surface area contributed by atoms with Gasteiger partial charge in [-0.25, -0.2) is 9.18 Å². The fraction of sp³-hybridized carbons (Fsp3) is 0.316. The molecule has 1 heterocycles. The van der Waals surface area contributed by atoms with E-state index in [1.165, 1.54) is 12.1 Å². The minimum absolute atomic E-state index is 0.0284. The summed E-state index contributed by atoms with van der Waals surface area (Å²) in [5.41, 5.74) is 0.0284. The van der Waals surface area contributed by atoms with Crippen LogP contribution in [0.5, 0.6) is 11.5 Å². The van der Waals surface area contributed by atoms with E-state index in [0.717, 1.165) is 12.8 Å². The summed E-state index contributed by atoms with van der Waals surface area (Å²) in [6.07, 6.45) is 1.49. The van der Waals surface area contributed by atoms with Crippen LogP contribution in [0, 0.1) is 11.7 Å². The van der Waals surface area contributed by atoms with Gasteiger partial charge >= 0.3 is 6.03 Å². The van der Waals surface area contributed by atoms with Gasteiger partial charge in [-0.05, 0) is 43.0 Å². The van der Waals surface area contributed by atoms with Crippen molar-refractivity contribution in [2.45, 2.75) is 12.8 Å². The van der Waals surface area contributed by atoms with Crippen molar-refractivity contribution in [2.24, 2.45) is 5.92 Å². The maximum atomic E-state index is 14.3. The van der Waals surface area contributed by atoms with Gasteiger partial charge in [-0.3, -0.25) is 0 Å². The van der Waals surface area contributed by atoms with Crippen LogP contribution < -0.4 is 10.1 Å². The molecule has 2 amide bonds. The van der Waals surface area contributed by atoms with Crippen molar-refractivity contribution in [3.63, 3.8) is 0 Å². The number of hydrogen-bond acceptors (Lipinski definition) is 3. The monoisotopic (exact) mass is 344 g/mol. The number of piperidine rings is 1. The van der Waals surface area contributed by atoms with Crippen molar-refractivity contribution >= 4 is 11.7 Å². The maximum absolute atomic E-state index is 14.3. The highest BCUT2D eigenvalue weighted by Crippen LogP contribution is 2.32. The van der Waals surface area contributed by atoms with Gasteiger partial charge in [0.2, 0.25) is 0 Å². The second-order valence-electron chi connectivity index (χ2n) is 6.07. The van der Waals surface area contributed by atoms with Crippen LogP contribution in [-0.2, 0) is 0 Å². The predicted molar refractivity (Wildman–Crippen MR) is 93.3 cm³/mol. The molecule has 25 heavy (non-hydrogen) atoms. The van der Waals surface area contributed by atoms with E-state index in [4.69, 9.17) is 4.74 Å². The van der Waals surface area contributed by atoms with E-state index in [0.29, 0.717) is 18.8 Å². The lowest BCUT2D eigenvalue weighted by atomic mass is 9.98. The van der Waals surface area contributed by atoms with E-state index < -0.39 is 5.82 Å². The molecule has 1 aliphatic rings. The molecule has 2 aromatic carbocycles. The van der Waals surface area contributed by atoms with Gasteiger partial charge in [-0.15, -0.1) is 0 Å². The zero-order valence-electron chi connectivity index (χ0n) is 13.8. The normalized spacial score (nSPS) is 15.0. The molecule has 0 bridgehead atoms. The first-order valence-corrected chi connectivity index (χ1v) is 8.35. The summed E-state index contributed by atoms with van der Waals surface area (Å²) in [5.74, 6) is 0.499. The number of hydrogen-bond donors (Lipinski definition) is 2. The van der Waals surface area contributed by atoms with Crippen LogP contribution in [0.15, 0.2) is 48.5 Å². The second-order valence-corrected chi connectivity index (χ2v) is 6.07. The van der Waals surface area contributed by atoms with Crippen LogP contribution in [0.2, 0.25) is 0 Å². The SMILES string of the molecule is O=C(Nc1c(F)cccc1Oc1ccccc1)N1CCC(CO)CC1. The number of carbonyl (C=O) groups excluding carboxylic acids is 1. The number of rotatable bonds is 4. The number of nitrogens with one attached hydrogen (secondary N) is 1. The Labute approximate surface area is 146 Å². The number of amides is 2. The topological polar surface area (TPSA) is 61.8 Å². The predicted octanol–water partition coefficient (Wildman–Crippen LogP) is 3.85. The standard InChI is InChI=1S/C19H21FN2O3/c20-16-7-4-8-17(25-15-5-2-1-3-6-15)18(16)21-19(24)22-11-9-14(13-23)10-12-22/h1-8,14,23H,9-13H2,(H,21,24). The Hall–Kier alpha value is -2.60. The van der Waals surface area contributed by atoms with Crippen molar-refractivity contribution < 1.29 is 19.0 Å². The van der Waals surface area contributed by atoms with Gasteiger partial charge in [0.25, 0.3) is 0 Å².